The van der Waals surface area contributed by atoms with E-state index in [1.807, 2.05) is 24.3 Å². The molecule has 0 saturated heterocycles. The second kappa shape index (κ2) is 12.0. The molecule has 0 unspecified atom stereocenters. The van der Waals surface area contributed by atoms with Crippen LogP contribution in [0.15, 0.2) is 48.5 Å². The molecule has 0 aliphatic heterocycles. The molecule has 7 nitrogen and oxygen atoms in total. The van der Waals surface area contributed by atoms with E-state index < -0.39 is 5.97 Å². The molecule has 2 aliphatic carbocycles. The average molecular weight is 545 g/mol. The van der Waals surface area contributed by atoms with Crippen LogP contribution in [0.2, 0.25) is 0 Å². The smallest absolute Gasteiger partial charge is 0.305 e. The van der Waals surface area contributed by atoms with Crippen molar-refractivity contribution in [1.29, 1.82) is 0 Å². The summed E-state index contributed by atoms with van der Waals surface area (Å²) in [4.78, 5) is 31.1. The molecule has 0 spiro atoms. The molecule has 7 heteroatoms. The van der Waals surface area contributed by atoms with Crippen molar-refractivity contribution in [2.75, 3.05) is 11.4 Å². The molecule has 1 heterocycles. The highest BCUT2D eigenvalue weighted by molar-refractivity contribution is 5.94. The molecule has 2 aromatic carbocycles. The summed E-state index contributed by atoms with van der Waals surface area (Å²) in [6.45, 7) is 7.97. The van der Waals surface area contributed by atoms with Gasteiger partial charge in [0.1, 0.15) is 0 Å². The van der Waals surface area contributed by atoms with Crippen LogP contribution in [0.4, 0.5) is 5.95 Å². The maximum atomic E-state index is 12.5. The maximum absolute atomic E-state index is 12.5. The lowest BCUT2D eigenvalue weighted by Crippen LogP contribution is -2.41. The Bertz CT molecular complexity index is 1310. The standard InChI is InChI=1S/C33H44N4O3/c1-33(2,3)25-16-18-26(19-17-25)36(22-23-12-14-24(15-13-23)31(40)34-21-20-30(38)39)32-35-28-10-6-7-11-29(28)37(32)27-8-4-5-9-27/h6-7,10-15,25-27H,4-5,8-9,16-22H2,1-3H3,(H,34,40)(H,38,39). The molecule has 3 aromatic rings. The van der Waals surface area contributed by atoms with E-state index in [0.29, 0.717) is 23.1 Å². The first-order valence-corrected chi connectivity index (χ1v) is 15.0. The Labute approximate surface area is 238 Å². The molecule has 2 aliphatic rings. The Morgan fingerprint density at radius 3 is 2.30 bits per heavy atom. The van der Waals surface area contributed by atoms with Crippen LogP contribution in [0.1, 0.15) is 101 Å². The van der Waals surface area contributed by atoms with E-state index in [4.69, 9.17) is 10.1 Å². The second-order valence-corrected chi connectivity index (χ2v) is 12.8. The van der Waals surface area contributed by atoms with Gasteiger partial charge in [0.25, 0.3) is 5.91 Å². The number of hydrogen-bond acceptors (Lipinski definition) is 4. The predicted molar refractivity (Wildman–Crippen MR) is 160 cm³/mol. The van der Waals surface area contributed by atoms with Crippen LogP contribution in [0.5, 0.6) is 0 Å². The molecule has 40 heavy (non-hydrogen) atoms. The summed E-state index contributed by atoms with van der Waals surface area (Å²) in [7, 11) is 0. The summed E-state index contributed by atoms with van der Waals surface area (Å²) >= 11 is 0. The van der Waals surface area contributed by atoms with Crippen LogP contribution in [-0.4, -0.2) is 39.1 Å². The lowest BCUT2D eigenvalue weighted by molar-refractivity contribution is -0.136. The largest absolute Gasteiger partial charge is 0.481 e. The van der Waals surface area contributed by atoms with Crippen LogP contribution in [-0.2, 0) is 11.3 Å². The number of benzene rings is 2. The molecule has 2 N–H and O–H groups in total. The number of aliphatic carboxylic acids is 1. The number of aromatic nitrogens is 2. The second-order valence-electron chi connectivity index (χ2n) is 12.8. The van der Waals surface area contributed by atoms with E-state index in [0.717, 1.165) is 42.3 Å². The van der Waals surface area contributed by atoms with E-state index in [-0.39, 0.29) is 18.9 Å². The van der Waals surface area contributed by atoms with Crippen molar-refractivity contribution in [1.82, 2.24) is 14.9 Å². The van der Waals surface area contributed by atoms with Gasteiger partial charge in [-0.2, -0.15) is 0 Å². The molecular weight excluding hydrogens is 500 g/mol. The number of carboxylic acid groups (broad SMARTS) is 1. The van der Waals surface area contributed by atoms with E-state index in [1.165, 1.54) is 44.0 Å². The molecule has 0 atom stereocenters. The number of carbonyl (C=O) groups is 2. The number of hydrogen-bond donors (Lipinski definition) is 2. The summed E-state index contributed by atoms with van der Waals surface area (Å²) in [6, 6.07) is 17.2. The summed E-state index contributed by atoms with van der Waals surface area (Å²) in [6.07, 6.45) is 9.60. The van der Waals surface area contributed by atoms with Crippen molar-refractivity contribution in [3.63, 3.8) is 0 Å². The number of carboxylic acids is 1. The average Bonchev–Trinajstić information content (AvgIpc) is 3.59. The first kappa shape index (κ1) is 28.2. The SMILES string of the molecule is CC(C)(C)C1CCC(N(Cc2ccc(C(=O)NCCC(=O)O)cc2)c2nc3ccccc3n2C2CCCC2)CC1. The number of rotatable bonds is 9. The zero-order valence-electron chi connectivity index (χ0n) is 24.2. The summed E-state index contributed by atoms with van der Waals surface area (Å²) in [5, 5.41) is 11.5. The highest BCUT2D eigenvalue weighted by atomic mass is 16.4. The van der Waals surface area contributed by atoms with Gasteiger partial charge in [-0.15, -0.1) is 0 Å². The first-order valence-electron chi connectivity index (χ1n) is 15.0. The molecule has 1 amide bonds. The Balaban J connectivity index is 1.44. The minimum absolute atomic E-state index is 0.0851. The van der Waals surface area contributed by atoms with Crippen LogP contribution < -0.4 is 10.2 Å². The fourth-order valence-corrected chi connectivity index (χ4v) is 6.72. The third-order valence-electron chi connectivity index (χ3n) is 9.08. The van der Waals surface area contributed by atoms with Crippen molar-refractivity contribution < 1.29 is 14.7 Å². The van der Waals surface area contributed by atoms with Crippen LogP contribution in [0.3, 0.4) is 0 Å². The molecule has 214 valence electrons. The van der Waals surface area contributed by atoms with Gasteiger partial charge < -0.3 is 19.9 Å². The van der Waals surface area contributed by atoms with E-state index in [1.54, 1.807) is 0 Å². The van der Waals surface area contributed by atoms with E-state index in [2.05, 4.69) is 59.8 Å². The topological polar surface area (TPSA) is 87.5 Å². The van der Waals surface area contributed by atoms with Crippen LogP contribution >= 0.6 is 0 Å². The van der Waals surface area contributed by atoms with Crippen molar-refractivity contribution >= 4 is 28.9 Å². The molecule has 2 fully saturated rings. The number of carbonyl (C=O) groups excluding carboxylic acids is 1. The highest BCUT2D eigenvalue weighted by Gasteiger charge is 2.35. The minimum atomic E-state index is -0.920. The van der Waals surface area contributed by atoms with Gasteiger partial charge in [0.05, 0.1) is 17.5 Å². The van der Waals surface area contributed by atoms with Crippen molar-refractivity contribution in [2.24, 2.45) is 11.3 Å². The van der Waals surface area contributed by atoms with Crippen LogP contribution in [0, 0.1) is 11.3 Å². The Kier molecular flexibility index (Phi) is 8.48. The summed E-state index contributed by atoms with van der Waals surface area (Å²) < 4.78 is 2.53. The zero-order chi connectivity index (χ0) is 28.3. The zero-order valence-corrected chi connectivity index (χ0v) is 24.2. The van der Waals surface area contributed by atoms with Gasteiger partial charge in [0.2, 0.25) is 5.95 Å². The predicted octanol–water partition coefficient (Wildman–Crippen LogP) is 6.97. The fourth-order valence-electron chi connectivity index (χ4n) is 6.72. The molecule has 0 bridgehead atoms. The number of imidazole rings is 1. The number of para-hydroxylation sites is 2. The number of anilines is 1. The monoisotopic (exact) mass is 544 g/mol. The first-order chi connectivity index (χ1) is 19.2. The van der Waals surface area contributed by atoms with Gasteiger partial charge in [0.15, 0.2) is 0 Å². The van der Waals surface area contributed by atoms with Gasteiger partial charge >= 0.3 is 5.97 Å². The number of nitrogens with zero attached hydrogens (tertiary/aromatic N) is 3. The number of amides is 1. The molecule has 0 radical (unpaired) electrons. The quantitative estimate of drug-likeness (QED) is 0.304. The number of fused-ring (bicyclic) bond motifs is 1. The minimum Gasteiger partial charge on any atom is -0.481 e. The van der Waals surface area contributed by atoms with E-state index >= 15 is 0 Å². The third-order valence-corrected chi connectivity index (χ3v) is 9.08. The number of nitrogens with one attached hydrogen (secondary N) is 1. The van der Waals surface area contributed by atoms with Gasteiger partial charge in [-0.25, -0.2) is 4.98 Å². The molecule has 2 saturated carbocycles. The van der Waals surface area contributed by atoms with Gasteiger partial charge in [0, 0.05) is 30.7 Å². The van der Waals surface area contributed by atoms with Crippen molar-refractivity contribution in [3.05, 3.63) is 59.7 Å². The summed E-state index contributed by atoms with van der Waals surface area (Å²) in [5.41, 5.74) is 4.31. The molecule has 1 aromatic heterocycles. The Morgan fingerprint density at radius 1 is 0.975 bits per heavy atom. The Morgan fingerprint density at radius 2 is 1.65 bits per heavy atom. The normalized spacial score (nSPS) is 20.1. The highest BCUT2D eigenvalue weighted by Crippen LogP contribution is 2.42. The summed E-state index contributed by atoms with van der Waals surface area (Å²) in [5.74, 6) is 0.657. The lowest BCUT2D eigenvalue weighted by atomic mass is 9.71. The van der Waals surface area contributed by atoms with E-state index in [9.17, 15) is 9.59 Å². The van der Waals surface area contributed by atoms with Crippen molar-refractivity contribution in [3.8, 4) is 0 Å². The molecular formula is C33H44N4O3. The lowest BCUT2D eigenvalue weighted by Gasteiger charge is -2.42. The fraction of sp³-hybridized carbons (Fsp3) is 0.545. The Hall–Kier alpha value is -3.35. The maximum Gasteiger partial charge on any atom is 0.305 e. The third kappa shape index (κ3) is 6.34. The van der Waals surface area contributed by atoms with Gasteiger partial charge in [-0.05, 0) is 79.7 Å². The van der Waals surface area contributed by atoms with Gasteiger partial charge in [-0.3, -0.25) is 9.59 Å². The van der Waals surface area contributed by atoms with Crippen molar-refractivity contribution in [2.45, 2.75) is 97.2 Å². The molecule has 5 rings (SSSR count). The van der Waals surface area contributed by atoms with Crippen LogP contribution in [0.25, 0.3) is 11.0 Å². The van der Waals surface area contributed by atoms with Gasteiger partial charge in [-0.1, -0.05) is 57.9 Å².